The van der Waals surface area contributed by atoms with Crippen LogP contribution in [0.5, 0.6) is 5.75 Å². The lowest BCUT2D eigenvalue weighted by molar-refractivity contribution is 0.317. The first-order chi connectivity index (χ1) is 18.1. The summed E-state index contributed by atoms with van der Waals surface area (Å²) in [4.78, 5) is 4.44. The van der Waals surface area contributed by atoms with E-state index < -0.39 is 5.82 Å². The number of nitrogens with one attached hydrogen (secondary N) is 2. The standard InChI is InChI=1S/C32H45FN4O/c1-8-11-22-16-24-20-37(31(34)28(24)29(33)30(22)38-10-3)19-21(4)23-17-26(32(5,6)7)25(9-2)27(18-23)36-14-12-35-13-15-36/h16-18,34-35H,4,8-15,19-20H2,1-3,5-7H3. The number of nitrogens with zero attached hydrogens (tertiary/aromatic N) is 2. The molecule has 0 saturated carbocycles. The van der Waals surface area contributed by atoms with E-state index in [4.69, 9.17) is 10.1 Å². The monoisotopic (exact) mass is 520 g/mol. The molecule has 0 radical (unpaired) electrons. The highest BCUT2D eigenvalue weighted by atomic mass is 19.1. The molecule has 5 nitrogen and oxygen atoms in total. The molecule has 0 atom stereocenters. The molecule has 6 heteroatoms. The molecular formula is C32H45FN4O. The Bertz CT molecular complexity index is 1210. The molecule has 1 saturated heterocycles. The second-order valence-electron chi connectivity index (χ2n) is 11.6. The van der Waals surface area contributed by atoms with E-state index in [-0.39, 0.29) is 11.3 Å². The number of hydrogen-bond donors (Lipinski definition) is 2. The molecule has 2 aliphatic heterocycles. The number of rotatable bonds is 9. The average Bonchev–Trinajstić information content (AvgIpc) is 3.20. The number of halogens is 1. The predicted molar refractivity (Wildman–Crippen MR) is 157 cm³/mol. The van der Waals surface area contributed by atoms with Crippen molar-refractivity contribution < 1.29 is 9.13 Å². The van der Waals surface area contributed by atoms with Crippen LogP contribution in [-0.4, -0.2) is 50.1 Å². The van der Waals surface area contributed by atoms with Crippen molar-refractivity contribution >= 4 is 17.1 Å². The third kappa shape index (κ3) is 5.47. The molecule has 2 aromatic carbocycles. The maximum Gasteiger partial charge on any atom is 0.176 e. The molecular weight excluding hydrogens is 475 g/mol. The van der Waals surface area contributed by atoms with Gasteiger partial charge in [-0.1, -0.05) is 53.7 Å². The van der Waals surface area contributed by atoms with Gasteiger partial charge in [-0.3, -0.25) is 5.41 Å². The van der Waals surface area contributed by atoms with E-state index in [0.717, 1.165) is 67.7 Å². The van der Waals surface area contributed by atoms with Crippen molar-refractivity contribution in [2.75, 3.05) is 44.2 Å². The Labute approximate surface area is 228 Å². The van der Waals surface area contributed by atoms with E-state index >= 15 is 4.39 Å². The Morgan fingerprint density at radius 1 is 1.13 bits per heavy atom. The van der Waals surface area contributed by atoms with Gasteiger partial charge in [0.05, 0.1) is 12.2 Å². The van der Waals surface area contributed by atoms with Crippen LogP contribution in [0, 0.1) is 11.2 Å². The summed E-state index contributed by atoms with van der Waals surface area (Å²) in [6, 6.07) is 6.63. The van der Waals surface area contributed by atoms with Crippen molar-refractivity contribution in [3.63, 3.8) is 0 Å². The molecule has 0 unspecified atom stereocenters. The van der Waals surface area contributed by atoms with Crippen molar-refractivity contribution in [3.8, 4) is 5.75 Å². The van der Waals surface area contributed by atoms with Crippen LogP contribution < -0.4 is 15.0 Å². The molecule has 4 rings (SSSR count). The largest absolute Gasteiger partial charge is 0.490 e. The number of ether oxygens (including phenoxy) is 1. The molecule has 0 aliphatic carbocycles. The minimum atomic E-state index is -0.394. The normalized spacial score (nSPS) is 15.7. The third-order valence-electron chi connectivity index (χ3n) is 7.74. The molecule has 0 spiro atoms. The first-order valence-electron chi connectivity index (χ1n) is 14.2. The lowest BCUT2D eigenvalue weighted by Crippen LogP contribution is -2.44. The topological polar surface area (TPSA) is 51.6 Å². The van der Waals surface area contributed by atoms with Gasteiger partial charge in [-0.05, 0) is 70.7 Å². The van der Waals surface area contributed by atoms with E-state index in [1.54, 1.807) is 0 Å². The zero-order valence-electron chi connectivity index (χ0n) is 24.2. The zero-order chi connectivity index (χ0) is 27.6. The lowest BCUT2D eigenvalue weighted by atomic mass is 9.80. The Hall–Kier alpha value is -2.86. The number of benzene rings is 2. The fourth-order valence-corrected chi connectivity index (χ4v) is 5.87. The van der Waals surface area contributed by atoms with E-state index in [9.17, 15) is 0 Å². The SMILES string of the molecule is C=C(CN1Cc2cc(CCC)c(OCC)c(F)c2C1=N)c1cc(N2CCNCC2)c(CC)c(C(C)(C)C)c1. The van der Waals surface area contributed by atoms with Crippen molar-refractivity contribution in [2.45, 2.75) is 72.8 Å². The summed E-state index contributed by atoms with van der Waals surface area (Å²) in [6.07, 6.45) is 2.65. The number of aryl methyl sites for hydroxylation is 1. The smallest absolute Gasteiger partial charge is 0.176 e. The fourth-order valence-electron chi connectivity index (χ4n) is 5.87. The lowest BCUT2D eigenvalue weighted by Gasteiger charge is -2.35. The molecule has 2 heterocycles. The van der Waals surface area contributed by atoms with Crippen LogP contribution in [0.25, 0.3) is 5.57 Å². The predicted octanol–water partition coefficient (Wildman–Crippen LogP) is 6.30. The van der Waals surface area contributed by atoms with E-state index in [1.165, 1.54) is 16.8 Å². The summed E-state index contributed by atoms with van der Waals surface area (Å²) in [5, 5.41) is 12.3. The van der Waals surface area contributed by atoms with Gasteiger partial charge in [0.2, 0.25) is 0 Å². The minimum absolute atomic E-state index is 0.00447. The average molecular weight is 521 g/mol. The zero-order valence-corrected chi connectivity index (χ0v) is 24.2. The summed E-state index contributed by atoms with van der Waals surface area (Å²) in [5.74, 6) is 0.129. The fraction of sp³-hybridized carbons (Fsp3) is 0.531. The van der Waals surface area contributed by atoms with E-state index in [1.807, 2.05) is 17.9 Å². The molecule has 0 aromatic heterocycles. The number of piperazine rings is 1. The number of fused-ring (bicyclic) bond motifs is 1. The van der Waals surface area contributed by atoms with Crippen molar-refractivity contribution in [3.05, 3.63) is 64.0 Å². The second-order valence-corrected chi connectivity index (χ2v) is 11.6. The first kappa shape index (κ1) is 28.2. The molecule has 38 heavy (non-hydrogen) atoms. The van der Waals surface area contributed by atoms with Gasteiger partial charge in [0.1, 0.15) is 5.84 Å². The Kier molecular flexibility index (Phi) is 8.51. The maximum absolute atomic E-state index is 15.6. The van der Waals surface area contributed by atoms with E-state index in [2.05, 4.69) is 63.5 Å². The maximum atomic E-state index is 15.6. The van der Waals surface area contributed by atoms with Crippen LogP contribution in [0.15, 0.2) is 24.8 Å². The quantitative estimate of drug-likeness (QED) is 0.407. The molecule has 0 amide bonds. The van der Waals surface area contributed by atoms with Gasteiger partial charge in [0.15, 0.2) is 11.6 Å². The highest BCUT2D eigenvalue weighted by Gasteiger charge is 2.32. The van der Waals surface area contributed by atoms with E-state index in [0.29, 0.717) is 31.0 Å². The van der Waals surface area contributed by atoms with Gasteiger partial charge >= 0.3 is 0 Å². The van der Waals surface area contributed by atoms with Gasteiger partial charge < -0.3 is 19.9 Å². The van der Waals surface area contributed by atoms with Crippen LogP contribution in [0.4, 0.5) is 10.1 Å². The highest BCUT2D eigenvalue weighted by Crippen LogP contribution is 2.38. The van der Waals surface area contributed by atoms with Crippen LogP contribution in [0.2, 0.25) is 0 Å². The molecule has 0 bridgehead atoms. The molecule has 2 N–H and O–H groups in total. The van der Waals surface area contributed by atoms with Crippen molar-refractivity contribution in [2.24, 2.45) is 0 Å². The second kappa shape index (κ2) is 11.5. The van der Waals surface area contributed by atoms with Crippen LogP contribution in [0.1, 0.15) is 81.3 Å². The van der Waals surface area contributed by atoms with Gasteiger partial charge in [-0.25, -0.2) is 4.39 Å². The number of hydrogen-bond acceptors (Lipinski definition) is 4. The summed E-state index contributed by atoms with van der Waals surface area (Å²) in [5.41, 5.74) is 8.24. The number of amidine groups is 1. The van der Waals surface area contributed by atoms with Gasteiger partial charge in [-0.15, -0.1) is 0 Å². The van der Waals surface area contributed by atoms with Gasteiger partial charge in [0, 0.05) is 45.0 Å². The van der Waals surface area contributed by atoms with Gasteiger partial charge in [0.25, 0.3) is 0 Å². The highest BCUT2D eigenvalue weighted by molar-refractivity contribution is 6.02. The Morgan fingerprint density at radius 2 is 1.84 bits per heavy atom. The van der Waals surface area contributed by atoms with Gasteiger partial charge in [-0.2, -0.15) is 0 Å². The van der Waals surface area contributed by atoms with Crippen LogP contribution >= 0.6 is 0 Å². The summed E-state index contributed by atoms with van der Waals surface area (Å²) >= 11 is 0. The third-order valence-corrected chi connectivity index (χ3v) is 7.74. The van der Waals surface area contributed by atoms with Crippen molar-refractivity contribution in [1.29, 1.82) is 5.41 Å². The molecule has 2 aliphatic rings. The van der Waals surface area contributed by atoms with Crippen LogP contribution in [0.3, 0.4) is 0 Å². The summed E-state index contributed by atoms with van der Waals surface area (Å²) < 4.78 is 21.3. The summed E-state index contributed by atoms with van der Waals surface area (Å²) in [6.45, 7) is 22.8. The summed E-state index contributed by atoms with van der Waals surface area (Å²) in [7, 11) is 0. The molecule has 1 fully saturated rings. The molecule has 206 valence electrons. The molecule has 2 aromatic rings. The number of anilines is 1. The minimum Gasteiger partial charge on any atom is -0.490 e. The first-order valence-corrected chi connectivity index (χ1v) is 14.2. The Balaban J connectivity index is 1.67. The van der Waals surface area contributed by atoms with Crippen molar-refractivity contribution in [1.82, 2.24) is 10.2 Å². The van der Waals surface area contributed by atoms with Crippen LogP contribution in [-0.2, 0) is 24.8 Å². The Morgan fingerprint density at radius 3 is 2.45 bits per heavy atom.